The summed E-state index contributed by atoms with van der Waals surface area (Å²) < 4.78 is 11.9. The fourth-order valence-electron chi connectivity index (χ4n) is 7.71. The van der Waals surface area contributed by atoms with Crippen molar-refractivity contribution in [3.8, 4) is 11.5 Å². The van der Waals surface area contributed by atoms with Crippen molar-refractivity contribution < 1.29 is 24.2 Å². The number of rotatable bonds is 10. The minimum atomic E-state index is -0.512. The standard InChI is InChI=1S/C36H47N3O5/c1-5-36(20-32(41)39(35(37)38-36)29-15-17-43-30-14-12-26(22(3)40)19-27(29)30)16-7-6-8-24-9-13-31-28(18-24)33(21(2)25-10-11-25)34(42)23(4)44-31/h9,12-14,18-19,21,23,25,29,33-34,42H,5-8,10-11,15-17,20H2,1-4H3,(H2,37,38)/t21?,23?,29-,33?,34?,36-/m1/s1. The minimum absolute atomic E-state index is 0.0243. The second kappa shape index (κ2) is 12.2. The predicted octanol–water partition coefficient (Wildman–Crippen LogP) is 6.09. The molecule has 236 valence electrons. The Kier molecular flexibility index (Phi) is 8.48. The Morgan fingerprint density at radius 3 is 2.61 bits per heavy atom. The van der Waals surface area contributed by atoms with Crippen molar-refractivity contribution in [1.29, 1.82) is 0 Å². The molecule has 2 aromatic rings. The third-order valence-electron chi connectivity index (χ3n) is 10.6. The highest BCUT2D eigenvalue weighted by molar-refractivity contribution is 6.00. The van der Waals surface area contributed by atoms with Crippen LogP contribution in [0.3, 0.4) is 0 Å². The highest BCUT2D eigenvalue weighted by Crippen LogP contribution is 2.49. The quantitative estimate of drug-likeness (QED) is 0.252. The number of benzene rings is 2. The molecule has 8 heteroatoms. The Labute approximate surface area is 261 Å². The maximum Gasteiger partial charge on any atom is 0.232 e. The molecule has 8 nitrogen and oxygen atoms in total. The number of hydrogen-bond acceptors (Lipinski definition) is 7. The van der Waals surface area contributed by atoms with Gasteiger partial charge in [-0.1, -0.05) is 32.4 Å². The lowest BCUT2D eigenvalue weighted by atomic mass is 9.76. The van der Waals surface area contributed by atoms with E-state index < -0.39 is 11.6 Å². The van der Waals surface area contributed by atoms with E-state index in [-0.39, 0.29) is 35.7 Å². The van der Waals surface area contributed by atoms with Gasteiger partial charge in [0.2, 0.25) is 5.91 Å². The van der Waals surface area contributed by atoms with Crippen molar-refractivity contribution in [3.05, 3.63) is 58.7 Å². The highest BCUT2D eigenvalue weighted by atomic mass is 16.5. The largest absolute Gasteiger partial charge is 0.493 e. The summed E-state index contributed by atoms with van der Waals surface area (Å²) in [5.74, 6) is 3.04. The Hall–Kier alpha value is -3.39. The predicted molar refractivity (Wildman–Crippen MR) is 170 cm³/mol. The van der Waals surface area contributed by atoms with Gasteiger partial charge in [-0.2, -0.15) is 0 Å². The Balaban J connectivity index is 1.13. The van der Waals surface area contributed by atoms with Gasteiger partial charge in [-0.25, -0.2) is 4.99 Å². The number of amides is 1. The van der Waals surface area contributed by atoms with Crippen molar-refractivity contribution in [2.45, 2.75) is 115 Å². The first-order valence-electron chi connectivity index (χ1n) is 16.5. The molecule has 44 heavy (non-hydrogen) atoms. The monoisotopic (exact) mass is 601 g/mol. The number of fused-ring (bicyclic) bond motifs is 2. The zero-order valence-electron chi connectivity index (χ0n) is 26.6. The maximum absolute atomic E-state index is 13.7. The molecule has 3 aliphatic heterocycles. The number of carbonyl (C=O) groups excluding carboxylic acids is 2. The van der Waals surface area contributed by atoms with Crippen molar-refractivity contribution in [2.75, 3.05) is 6.61 Å². The van der Waals surface area contributed by atoms with Gasteiger partial charge in [0.1, 0.15) is 17.6 Å². The molecule has 0 aromatic heterocycles. The maximum atomic E-state index is 13.7. The Morgan fingerprint density at radius 1 is 1.14 bits per heavy atom. The molecule has 2 aromatic carbocycles. The van der Waals surface area contributed by atoms with Crippen LogP contribution >= 0.6 is 0 Å². The minimum Gasteiger partial charge on any atom is -0.493 e. The first-order valence-corrected chi connectivity index (χ1v) is 16.5. The van der Waals surface area contributed by atoms with Gasteiger partial charge in [0.05, 0.1) is 30.7 Å². The number of aliphatic hydroxyl groups excluding tert-OH is 1. The number of Topliss-reactive ketones (excluding diaryl/α,β-unsaturated/α-hetero) is 1. The molecular weight excluding hydrogens is 554 g/mol. The molecule has 0 radical (unpaired) electrons. The first-order chi connectivity index (χ1) is 21.1. The number of aliphatic hydroxyl groups is 1. The summed E-state index contributed by atoms with van der Waals surface area (Å²) in [6.07, 6.45) is 7.06. The van der Waals surface area contributed by atoms with Crippen LogP contribution < -0.4 is 15.2 Å². The van der Waals surface area contributed by atoms with Crippen LogP contribution in [0.4, 0.5) is 0 Å². The second-order valence-corrected chi connectivity index (χ2v) is 13.6. The Bertz CT molecular complexity index is 1450. The van der Waals surface area contributed by atoms with Gasteiger partial charge in [0, 0.05) is 29.0 Å². The smallest absolute Gasteiger partial charge is 0.232 e. The van der Waals surface area contributed by atoms with Crippen LogP contribution in [-0.2, 0) is 11.2 Å². The molecular formula is C36H47N3O5. The van der Waals surface area contributed by atoms with Gasteiger partial charge in [0.15, 0.2) is 11.7 Å². The first kappa shape index (κ1) is 30.6. The molecule has 0 spiro atoms. The molecule has 1 amide bonds. The van der Waals surface area contributed by atoms with Crippen LogP contribution in [0, 0.1) is 11.8 Å². The molecule has 3 heterocycles. The number of ether oxygens (including phenoxy) is 2. The summed E-state index contributed by atoms with van der Waals surface area (Å²) in [5, 5.41) is 11.1. The van der Waals surface area contributed by atoms with E-state index in [0.717, 1.165) is 49.0 Å². The second-order valence-electron chi connectivity index (χ2n) is 13.6. The summed E-state index contributed by atoms with van der Waals surface area (Å²) in [5.41, 5.74) is 9.86. The van der Waals surface area contributed by atoms with E-state index >= 15 is 0 Å². The van der Waals surface area contributed by atoms with Crippen LogP contribution in [0.5, 0.6) is 11.5 Å². The summed E-state index contributed by atoms with van der Waals surface area (Å²) in [7, 11) is 0. The zero-order chi connectivity index (χ0) is 31.2. The lowest BCUT2D eigenvalue weighted by Crippen LogP contribution is -2.53. The number of unbranched alkanes of at least 4 members (excludes halogenated alkanes) is 1. The van der Waals surface area contributed by atoms with Crippen molar-refractivity contribution >= 4 is 17.6 Å². The van der Waals surface area contributed by atoms with Crippen LogP contribution in [0.25, 0.3) is 0 Å². The van der Waals surface area contributed by atoms with Gasteiger partial charge in [0.25, 0.3) is 0 Å². The third kappa shape index (κ3) is 5.85. The zero-order valence-corrected chi connectivity index (χ0v) is 26.6. The van der Waals surface area contributed by atoms with E-state index in [1.54, 1.807) is 11.0 Å². The topological polar surface area (TPSA) is 114 Å². The van der Waals surface area contributed by atoms with Crippen molar-refractivity contribution in [2.24, 2.45) is 22.6 Å². The summed E-state index contributed by atoms with van der Waals surface area (Å²) in [6.45, 7) is 8.34. The average molecular weight is 602 g/mol. The molecule has 1 saturated carbocycles. The van der Waals surface area contributed by atoms with E-state index in [4.69, 9.17) is 20.2 Å². The number of nitrogens with two attached hydrogens (primary N) is 1. The summed E-state index contributed by atoms with van der Waals surface area (Å²) >= 11 is 0. The van der Waals surface area contributed by atoms with Crippen LogP contribution in [0.2, 0.25) is 0 Å². The summed E-state index contributed by atoms with van der Waals surface area (Å²) in [4.78, 5) is 32.4. The average Bonchev–Trinajstić information content (AvgIpc) is 3.85. The van der Waals surface area contributed by atoms with E-state index in [0.29, 0.717) is 42.6 Å². The Morgan fingerprint density at radius 2 is 1.91 bits per heavy atom. The normalized spacial score (nSPS) is 28.7. The number of aryl methyl sites for hydroxylation is 1. The highest BCUT2D eigenvalue weighted by Gasteiger charge is 2.44. The number of hydrogen-bond donors (Lipinski definition) is 2. The number of aliphatic imine (C=N–C) groups is 1. The lowest BCUT2D eigenvalue weighted by Gasteiger charge is -2.42. The molecule has 1 fully saturated rings. The number of nitrogens with zero attached hydrogens (tertiary/aromatic N) is 2. The SMILES string of the molecule is CC[C@@]1(CCCCc2ccc3c(c2)C(C(C)C2CC2)C(O)C(C)O3)CC(=O)N([C@@H]2CCOc3ccc(C(C)=O)cc32)C(N)=N1. The van der Waals surface area contributed by atoms with Gasteiger partial charge in [-0.15, -0.1) is 0 Å². The molecule has 6 rings (SSSR count). The number of guanidine groups is 1. The van der Waals surface area contributed by atoms with E-state index in [2.05, 4.69) is 32.0 Å². The fourth-order valence-corrected chi connectivity index (χ4v) is 7.71. The van der Waals surface area contributed by atoms with Gasteiger partial charge >= 0.3 is 0 Å². The van der Waals surface area contributed by atoms with Crippen molar-refractivity contribution in [3.63, 3.8) is 0 Å². The van der Waals surface area contributed by atoms with Crippen LogP contribution in [0.15, 0.2) is 41.4 Å². The molecule has 1 aliphatic carbocycles. The number of carbonyl (C=O) groups is 2. The summed E-state index contributed by atoms with van der Waals surface area (Å²) in [6, 6.07) is 11.6. The molecule has 6 atom stereocenters. The molecule has 4 aliphatic rings. The van der Waals surface area contributed by atoms with Crippen LogP contribution in [0.1, 0.15) is 118 Å². The van der Waals surface area contributed by atoms with E-state index in [1.165, 1.54) is 25.3 Å². The number of ketones is 1. The van der Waals surface area contributed by atoms with Crippen molar-refractivity contribution in [1.82, 2.24) is 4.90 Å². The fraction of sp³-hybridized carbons (Fsp3) is 0.583. The molecule has 0 bridgehead atoms. The third-order valence-corrected chi connectivity index (χ3v) is 10.6. The molecule has 4 unspecified atom stereocenters. The molecule has 3 N–H and O–H groups in total. The van der Waals surface area contributed by atoms with Gasteiger partial charge in [-0.3, -0.25) is 14.5 Å². The van der Waals surface area contributed by atoms with E-state index in [9.17, 15) is 14.7 Å². The molecule has 0 saturated heterocycles. The van der Waals surface area contributed by atoms with E-state index in [1.807, 2.05) is 19.1 Å². The van der Waals surface area contributed by atoms with Crippen LogP contribution in [-0.4, -0.2) is 52.0 Å². The van der Waals surface area contributed by atoms with Gasteiger partial charge in [-0.05, 0) is 94.0 Å². The van der Waals surface area contributed by atoms with Gasteiger partial charge < -0.3 is 20.3 Å². The lowest BCUT2D eigenvalue weighted by molar-refractivity contribution is -0.132.